The van der Waals surface area contributed by atoms with Crippen LogP contribution in [0.1, 0.15) is 24.8 Å². The molecule has 90 valence electrons. The fraction of sp³-hybridized carbons (Fsp3) is 0.500. The van der Waals surface area contributed by atoms with Crippen molar-refractivity contribution in [2.45, 2.75) is 25.4 Å². The maximum Gasteiger partial charge on any atom is 0.101 e. The van der Waals surface area contributed by atoms with E-state index in [0.29, 0.717) is 6.10 Å². The molecule has 0 N–H and O–H groups in total. The van der Waals surface area contributed by atoms with E-state index in [2.05, 4.69) is 11.0 Å². The van der Waals surface area contributed by atoms with Gasteiger partial charge in [0.15, 0.2) is 0 Å². The van der Waals surface area contributed by atoms with Crippen LogP contribution in [-0.2, 0) is 4.74 Å². The molecule has 17 heavy (non-hydrogen) atoms. The lowest BCUT2D eigenvalue weighted by molar-refractivity contribution is 0.0216. The number of para-hydroxylation sites is 1. The van der Waals surface area contributed by atoms with E-state index in [1.165, 1.54) is 12.8 Å². The molecule has 0 bridgehead atoms. The van der Waals surface area contributed by atoms with E-state index in [1.807, 2.05) is 31.3 Å². The van der Waals surface area contributed by atoms with Crippen molar-refractivity contribution < 1.29 is 4.74 Å². The Bertz CT molecular complexity index is 405. The molecule has 0 saturated carbocycles. The molecule has 1 aromatic carbocycles. The summed E-state index contributed by atoms with van der Waals surface area (Å²) < 4.78 is 5.72. The Kier molecular flexibility index (Phi) is 4.00. The van der Waals surface area contributed by atoms with Crippen molar-refractivity contribution in [2.75, 3.05) is 25.1 Å². The first-order valence-corrected chi connectivity index (χ1v) is 6.13. The SMILES string of the molecule is CN(CC1CCCCO1)c1ccccc1C#N. The van der Waals surface area contributed by atoms with Gasteiger partial charge < -0.3 is 9.64 Å². The number of hydrogen-bond donors (Lipinski definition) is 0. The molecule has 1 saturated heterocycles. The second-order valence-electron chi connectivity index (χ2n) is 4.50. The third-order valence-corrected chi connectivity index (χ3v) is 3.19. The van der Waals surface area contributed by atoms with Gasteiger partial charge >= 0.3 is 0 Å². The Hall–Kier alpha value is -1.53. The average Bonchev–Trinajstić information content (AvgIpc) is 2.40. The summed E-state index contributed by atoms with van der Waals surface area (Å²) in [5.41, 5.74) is 1.72. The minimum Gasteiger partial charge on any atom is -0.376 e. The van der Waals surface area contributed by atoms with Gasteiger partial charge in [-0.05, 0) is 31.4 Å². The molecule has 1 aliphatic heterocycles. The van der Waals surface area contributed by atoms with E-state index in [9.17, 15) is 0 Å². The van der Waals surface area contributed by atoms with E-state index in [0.717, 1.165) is 30.8 Å². The first-order chi connectivity index (χ1) is 8.31. The first-order valence-electron chi connectivity index (χ1n) is 6.13. The molecule has 3 nitrogen and oxygen atoms in total. The fourth-order valence-corrected chi connectivity index (χ4v) is 2.26. The molecule has 1 aromatic rings. The highest BCUT2D eigenvalue weighted by molar-refractivity contribution is 5.58. The second-order valence-corrected chi connectivity index (χ2v) is 4.50. The van der Waals surface area contributed by atoms with Gasteiger partial charge in [0.05, 0.1) is 17.4 Å². The normalized spacial score (nSPS) is 19.6. The average molecular weight is 230 g/mol. The van der Waals surface area contributed by atoms with E-state index < -0.39 is 0 Å². The van der Waals surface area contributed by atoms with Crippen LogP contribution < -0.4 is 4.90 Å². The largest absolute Gasteiger partial charge is 0.376 e. The summed E-state index contributed by atoms with van der Waals surface area (Å²) in [4.78, 5) is 2.12. The summed E-state index contributed by atoms with van der Waals surface area (Å²) in [5, 5.41) is 9.07. The Balaban J connectivity index is 2.03. The smallest absolute Gasteiger partial charge is 0.101 e. The van der Waals surface area contributed by atoms with Gasteiger partial charge in [-0.2, -0.15) is 5.26 Å². The maximum absolute atomic E-state index is 9.07. The highest BCUT2D eigenvalue weighted by Gasteiger charge is 2.17. The maximum atomic E-state index is 9.07. The Morgan fingerprint density at radius 2 is 2.24 bits per heavy atom. The summed E-state index contributed by atoms with van der Waals surface area (Å²) in [6.45, 7) is 1.73. The Labute approximate surface area is 103 Å². The quantitative estimate of drug-likeness (QED) is 0.800. The van der Waals surface area contributed by atoms with Gasteiger partial charge in [0.25, 0.3) is 0 Å². The van der Waals surface area contributed by atoms with Crippen molar-refractivity contribution in [3.05, 3.63) is 29.8 Å². The van der Waals surface area contributed by atoms with E-state index >= 15 is 0 Å². The molecular weight excluding hydrogens is 212 g/mol. The molecule has 0 radical (unpaired) electrons. The van der Waals surface area contributed by atoms with Crippen LogP contribution in [0.5, 0.6) is 0 Å². The van der Waals surface area contributed by atoms with Crippen LogP contribution in [-0.4, -0.2) is 26.3 Å². The zero-order chi connectivity index (χ0) is 12.1. The molecule has 1 unspecified atom stereocenters. The number of nitriles is 1. The summed E-state index contributed by atoms with van der Waals surface area (Å²) in [6.07, 6.45) is 3.85. The van der Waals surface area contributed by atoms with Crippen LogP contribution in [0.2, 0.25) is 0 Å². The molecule has 1 fully saturated rings. The molecule has 0 aromatic heterocycles. The molecule has 0 amide bonds. The minimum absolute atomic E-state index is 0.306. The van der Waals surface area contributed by atoms with Crippen LogP contribution in [0, 0.1) is 11.3 Å². The van der Waals surface area contributed by atoms with Gasteiger partial charge in [0.2, 0.25) is 0 Å². The first kappa shape index (κ1) is 11.9. The number of nitrogens with zero attached hydrogens (tertiary/aromatic N) is 2. The van der Waals surface area contributed by atoms with Crippen LogP contribution in [0.25, 0.3) is 0 Å². The van der Waals surface area contributed by atoms with Gasteiger partial charge in [-0.15, -0.1) is 0 Å². The molecular formula is C14H18N2O. The molecule has 3 heteroatoms. The zero-order valence-corrected chi connectivity index (χ0v) is 10.2. The predicted octanol–water partition coefficient (Wildman–Crippen LogP) is 2.56. The summed E-state index contributed by atoms with van der Waals surface area (Å²) >= 11 is 0. The number of anilines is 1. The van der Waals surface area contributed by atoms with Crippen molar-refractivity contribution in [3.8, 4) is 6.07 Å². The van der Waals surface area contributed by atoms with Crippen LogP contribution in [0.4, 0.5) is 5.69 Å². The molecule has 1 heterocycles. The molecule has 1 aliphatic rings. The lowest BCUT2D eigenvalue weighted by Crippen LogP contribution is -2.33. The standard InChI is InChI=1S/C14H18N2O/c1-16(11-13-7-4-5-9-17-13)14-8-3-2-6-12(14)10-15/h2-3,6,8,13H,4-5,7,9,11H2,1H3. The fourth-order valence-electron chi connectivity index (χ4n) is 2.26. The Morgan fingerprint density at radius 3 is 2.94 bits per heavy atom. The third kappa shape index (κ3) is 2.98. The summed E-state index contributed by atoms with van der Waals surface area (Å²) in [7, 11) is 2.02. The number of benzene rings is 1. The van der Waals surface area contributed by atoms with E-state index in [-0.39, 0.29) is 0 Å². The van der Waals surface area contributed by atoms with Crippen molar-refractivity contribution in [2.24, 2.45) is 0 Å². The van der Waals surface area contributed by atoms with Gasteiger partial charge in [0.1, 0.15) is 6.07 Å². The Morgan fingerprint density at radius 1 is 1.41 bits per heavy atom. The number of rotatable bonds is 3. The van der Waals surface area contributed by atoms with E-state index in [1.54, 1.807) is 0 Å². The molecule has 0 spiro atoms. The molecule has 1 atom stereocenters. The van der Waals surface area contributed by atoms with Crippen molar-refractivity contribution in [1.29, 1.82) is 5.26 Å². The van der Waals surface area contributed by atoms with Gasteiger partial charge in [-0.1, -0.05) is 12.1 Å². The lowest BCUT2D eigenvalue weighted by Gasteiger charge is -2.29. The second kappa shape index (κ2) is 5.70. The van der Waals surface area contributed by atoms with Crippen LogP contribution >= 0.6 is 0 Å². The van der Waals surface area contributed by atoms with Gasteiger partial charge in [-0.25, -0.2) is 0 Å². The van der Waals surface area contributed by atoms with Gasteiger partial charge in [0, 0.05) is 20.2 Å². The molecule has 2 rings (SSSR count). The number of ether oxygens (including phenoxy) is 1. The summed E-state index contributed by atoms with van der Waals surface area (Å²) in [6, 6.07) is 9.94. The van der Waals surface area contributed by atoms with Crippen LogP contribution in [0.15, 0.2) is 24.3 Å². The van der Waals surface area contributed by atoms with Crippen molar-refractivity contribution >= 4 is 5.69 Å². The zero-order valence-electron chi connectivity index (χ0n) is 10.2. The van der Waals surface area contributed by atoms with Crippen molar-refractivity contribution in [3.63, 3.8) is 0 Å². The highest BCUT2D eigenvalue weighted by Crippen LogP contribution is 2.21. The number of hydrogen-bond acceptors (Lipinski definition) is 3. The third-order valence-electron chi connectivity index (χ3n) is 3.19. The summed E-state index contributed by atoms with van der Waals surface area (Å²) in [5.74, 6) is 0. The van der Waals surface area contributed by atoms with E-state index in [4.69, 9.17) is 10.00 Å². The van der Waals surface area contributed by atoms with Gasteiger partial charge in [-0.3, -0.25) is 0 Å². The highest BCUT2D eigenvalue weighted by atomic mass is 16.5. The number of likely N-dealkylation sites (N-methyl/N-ethyl adjacent to an activating group) is 1. The predicted molar refractivity (Wildman–Crippen MR) is 68.0 cm³/mol. The van der Waals surface area contributed by atoms with Crippen molar-refractivity contribution in [1.82, 2.24) is 0 Å². The van der Waals surface area contributed by atoms with Crippen LogP contribution in [0.3, 0.4) is 0 Å². The monoisotopic (exact) mass is 230 g/mol. The lowest BCUT2D eigenvalue weighted by atomic mass is 10.1. The molecule has 0 aliphatic carbocycles. The minimum atomic E-state index is 0.306. The topological polar surface area (TPSA) is 36.3 Å².